The number of hydrogen-bond donors (Lipinski definition) is 3. The highest BCUT2D eigenvalue weighted by atomic mass is 35.5. The van der Waals surface area contributed by atoms with Crippen molar-refractivity contribution in [2.24, 2.45) is 5.84 Å². The Bertz CT molecular complexity index is 528. The van der Waals surface area contributed by atoms with Crippen molar-refractivity contribution in [2.75, 3.05) is 10.7 Å². The molecule has 0 spiro atoms. The van der Waals surface area contributed by atoms with Crippen molar-refractivity contribution in [1.82, 2.24) is 4.98 Å². The first-order valence-corrected chi connectivity index (χ1v) is 5.53. The lowest BCUT2D eigenvalue weighted by Gasteiger charge is -2.09. The monoisotopic (exact) mass is 248 g/mol. The Balaban J connectivity index is 2.25. The van der Waals surface area contributed by atoms with Crippen LogP contribution in [0.4, 0.5) is 17.3 Å². The molecule has 0 bridgehead atoms. The normalized spacial score (nSPS) is 10.1. The molecule has 2 aromatic rings. The van der Waals surface area contributed by atoms with Crippen molar-refractivity contribution in [3.05, 3.63) is 47.0 Å². The van der Waals surface area contributed by atoms with Gasteiger partial charge in [-0.05, 0) is 36.8 Å². The summed E-state index contributed by atoms with van der Waals surface area (Å²) in [7, 11) is 0. The number of benzene rings is 1. The quantitative estimate of drug-likeness (QED) is 0.577. The van der Waals surface area contributed by atoms with Gasteiger partial charge in [0.25, 0.3) is 0 Å². The Morgan fingerprint density at radius 3 is 2.65 bits per heavy atom. The lowest BCUT2D eigenvalue weighted by atomic mass is 10.2. The molecule has 0 aliphatic heterocycles. The van der Waals surface area contributed by atoms with Gasteiger partial charge in [-0.25, -0.2) is 10.8 Å². The van der Waals surface area contributed by atoms with E-state index in [1.165, 1.54) is 0 Å². The van der Waals surface area contributed by atoms with Crippen LogP contribution >= 0.6 is 11.6 Å². The van der Waals surface area contributed by atoms with Gasteiger partial charge in [-0.15, -0.1) is 0 Å². The maximum Gasteiger partial charge on any atom is 0.142 e. The summed E-state index contributed by atoms with van der Waals surface area (Å²) in [6.45, 7) is 1.99. The number of anilines is 3. The third-order valence-corrected chi connectivity index (χ3v) is 2.60. The number of halogens is 1. The average Bonchev–Trinajstić information content (AvgIpc) is 2.33. The summed E-state index contributed by atoms with van der Waals surface area (Å²) < 4.78 is 0. The summed E-state index contributed by atoms with van der Waals surface area (Å²) >= 11 is 6.12. The molecular weight excluding hydrogens is 236 g/mol. The van der Waals surface area contributed by atoms with Gasteiger partial charge in [-0.2, -0.15) is 0 Å². The van der Waals surface area contributed by atoms with Gasteiger partial charge in [-0.1, -0.05) is 23.7 Å². The molecule has 5 heteroatoms. The van der Waals surface area contributed by atoms with E-state index in [0.717, 1.165) is 11.3 Å². The molecule has 0 atom stereocenters. The maximum absolute atomic E-state index is 6.12. The molecule has 4 nitrogen and oxygen atoms in total. The van der Waals surface area contributed by atoms with Gasteiger partial charge in [-0.3, -0.25) is 0 Å². The molecule has 0 aliphatic carbocycles. The van der Waals surface area contributed by atoms with Crippen molar-refractivity contribution in [2.45, 2.75) is 6.92 Å². The second-order valence-corrected chi connectivity index (χ2v) is 4.07. The minimum absolute atomic E-state index is 0.596. The Hall–Kier alpha value is -1.78. The number of aryl methyl sites for hydroxylation is 1. The van der Waals surface area contributed by atoms with Crippen LogP contribution in [-0.2, 0) is 0 Å². The van der Waals surface area contributed by atoms with Crippen LogP contribution in [0.2, 0.25) is 5.02 Å². The predicted octanol–water partition coefficient (Wildman–Crippen LogP) is 3.07. The summed E-state index contributed by atoms with van der Waals surface area (Å²) in [5, 5.41) is 3.80. The molecule has 0 fully saturated rings. The highest BCUT2D eigenvalue weighted by Gasteiger charge is 2.02. The van der Waals surface area contributed by atoms with Crippen LogP contribution in [0.15, 0.2) is 36.4 Å². The van der Waals surface area contributed by atoms with E-state index < -0.39 is 0 Å². The third-order valence-electron chi connectivity index (χ3n) is 2.28. The fraction of sp³-hybridized carbons (Fsp3) is 0.0833. The Morgan fingerprint density at radius 2 is 1.94 bits per heavy atom. The van der Waals surface area contributed by atoms with E-state index in [0.29, 0.717) is 16.7 Å². The van der Waals surface area contributed by atoms with E-state index in [2.05, 4.69) is 15.7 Å². The molecule has 1 aromatic heterocycles. The SMILES string of the molecule is Cc1ccc(Nc2cccc(NN)n2)c(Cl)c1. The third kappa shape index (κ3) is 2.87. The van der Waals surface area contributed by atoms with Gasteiger partial charge >= 0.3 is 0 Å². The molecule has 4 N–H and O–H groups in total. The number of pyridine rings is 1. The highest BCUT2D eigenvalue weighted by molar-refractivity contribution is 6.33. The molecule has 1 heterocycles. The van der Waals surface area contributed by atoms with Gasteiger partial charge in [0.1, 0.15) is 11.6 Å². The van der Waals surface area contributed by atoms with Crippen molar-refractivity contribution >= 4 is 28.9 Å². The molecule has 0 saturated carbocycles. The summed E-state index contributed by atoms with van der Waals surface area (Å²) in [6.07, 6.45) is 0. The molecule has 0 saturated heterocycles. The highest BCUT2D eigenvalue weighted by Crippen LogP contribution is 2.25. The van der Waals surface area contributed by atoms with Crippen LogP contribution in [0.5, 0.6) is 0 Å². The van der Waals surface area contributed by atoms with Gasteiger partial charge in [0, 0.05) is 0 Å². The minimum Gasteiger partial charge on any atom is -0.339 e. The smallest absolute Gasteiger partial charge is 0.142 e. The maximum atomic E-state index is 6.12. The van der Waals surface area contributed by atoms with Crippen LogP contribution < -0.4 is 16.6 Å². The lowest BCUT2D eigenvalue weighted by molar-refractivity contribution is 1.22. The molecule has 0 aliphatic rings. The van der Waals surface area contributed by atoms with E-state index in [1.807, 2.05) is 37.3 Å². The average molecular weight is 249 g/mol. The molecule has 17 heavy (non-hydrogen) atoms. The van der Waals surface area contributed by atoms with E-state index in [9.17, 15) is 0 Å². The summed E-state index contributed by atoms with van der Waals surface area (Å²) in [5.74, 6) is 6.58. The number of rotatable bonds is 3. The number of aromatic nitrogens is 1. The number of hydrogen-bond acceptors (Lipinski definition) is 4. The van der Waals surface area contributed by atoms with E-state index in [1.54, 1.807) is 6.07 Å². The summed E-state index contributed by atoms with van der Waals surface area (Å²) in [6, 6.07) is 11.3. The number of nitrogens with one attached hydrogen (secondary N) is 2. The Kier molecular flexibility index (Phi) is 3.46. The summed E-state index contributed by atoms with van der Waals surface area (Å²) in [4.78, 5) is 4.24. The number of hydrazine groups is 1. The van der Waals surface area contributed by atoms with Crippen LogP contribution in [0.3, 0.4) is 0 Å². The van der Waals surface area contributed by atoms with Gasteiger partial charge < -0.3 is 10.7 Å². The van der Waals surface area contributed by atoms with Crippen molar-refractivity contribution in [3.63, 3.8) is 0 Å². The van der Waals surface area contributed by atoms with Gasteiger partial charge in [0.05, 0.1) is 10.7 Å². The van der Waals surface area contributed by atoms with E-state index in [4.69, 9.17) is 17.4 Å². The summed E-state index contributed by atoms with van der Waals surface area (Å²) in [5.41, 5.74) is 4.43. The predicted molar refractivity (Wildman–Crippen MR) is 71.5 cm³/mol. The van der Waals surface area contributed by atoms with Crippen molar-refractivity contribution in [3.8, 4) is 0 Å². The fourth-order valence-electron chi connectivity index (χ4n) is 1.44. The van der Waals surface area contributed by atoms with Crippen molar-refractivity contribution in [1.29, 1.82) is 0 Å². The van der Waals surface area contributed by atoms with E-state index in [-0.39, 0.29) is 0 Å². The van der Waals surface area contributed by atoms with E-state index >= 15 is 0 Å². The molecule has 88 valence electrons. The zero-order chi connectivity index (χ0) is 12.3. The first-order valence-electron chi connectivity index (χ1n) is 5.16. The standard InChI is InChI=1S/C12H13ClN4/c1-8-5-6-10(9(13)7-8)15-11-3-2-4-12(16-11)17-14/h2-7H,14H2,1H3,(H2,15,16,17). The molecule has 0 unspecified atom stereocenters. The molecule has 0 amide bonds. The van der Waals surface area contributed by atoms with Crippen molar-refractivity contribution < 1.29 is 0 Å². The number of nitrogens with two attached hydrogens (primary N) is 1. The molecule has 1 aromatic carbocycles. The molecule has 0 radical (unpaired) electrons. The van der Waals surface area contributed by atoms with Crippen LogP contribution in [0.25, 0.3) is 0 Å². The van der Waals surface area contributed by atoms with Crippen LogP contribution in [0.1, 0.15) is 5.56 Å². The first-order chi connectivity index (χ1) is 8.19. The van der Waals surface area contributed by atoms with Gasteiger partial charge in [0.2, 0.25) is 0 Å². The Morgan fingerprint density at radius 1 is 1.18 bits per heavy atom. The largest absolute Gasteiger partial charge is 0.339 e. The lowest BCUT2D eigenvalue weighted by Crippen LogP contribution is -2.08. The topological polar surface area (TPSA) is 63.0 Å². The fourth-order valence-corrected chi connectivity index (χ4v) is 1.73. The number of nitrogen functional groups attached to an aromatic ring is 1. The molecule has 2 rings (SSSR count). The first kappa shape index (κ1) is 11.7. The van der Waals surface area contributed by atoms with Crippen LogP contribution in [-0.4, -0.2) is 4.98 Å². The Labute approximate surface area is 105 Å². The zero-order valence-electron chi connectivity index (χ0n) is 9.37. The number of nitrogens with zero attached hydrogens (tertiary/aromatic N) is 1. The zero-order valence-corrected chi connectivity index (χ0v) is 10.1. The second-order valence-electron chi connectivity index (χ2n) is 3.66. The van der Waals surface area contributed by atoms with Crippen LogP contribution in [0, 0.1) is 6.92 Å². The van der Waals surface area contributed by atoms with Gasteiger partial charge in [0.15, 0.2) is 0 Å². The molecular formula is C12H13ClN4. The second kappa shape index (κ2) is 5.03. The minimum atomic E-state index is 0.596.